The number of hydrogen-bond acceptors (Lipinski definition) is 5. The summed E-state index contributed by atoms with van der Waals surface area (Å²) in [6, 6.07) is 6.26. The SMILES string of the molecule is Cc1ccc(CNc2nc(N3CC4CC4C3)ncc2C(=O)NC2CCCCCC2)cc1Cl. The zero-order chi connectivity index (χ0) is 22.1. The highest BCUT2D eigenvalue weighted by atomic mass is 35.5. The monoisotopic (exact) mass is 453 g/mol. The van der Waals surface area contributed by atoms with Crippen molar-refractivity contribution >= 4 is 29.3 Å². The third-order valence-electron chi connectivity index (χ3n) is 7.17. The summed E-state index contributed by atoms with van der Waals surface area (Å²) in [5.41, 5.74) is 2.62. The summed E-state index contributed by atoms with van der Waals surface area (Å²) in [7, 11) is 0. The van der Waals surface area contributed by atoms with Gasteiger partial charge in [-0.25, -0.2) is 4.98 Å². The Morgan fingerprint density at radius 2 is 1.91 bits per heavy atom. The van der Waals surface area contributed by atoms with E-state index in [1.54, 1.807) is 6.20 Å². The second kappa shape index (κ2) is 9.26. The zero-order valence-electron chi connectivity index (χ0n) is 18.7. The summed E-state index contributed by atoms with van der Waals surface area (Å²) in [5.74, 6) is 2.81. The summed E-state index contributed by atoms with van der Waals surface area (Å²) in [6.07, 6.45) is 9.99. The molecule has 1 saturated heterocycles. The Hall–Kier alpha value is -2.34. The van der Waals surface area contributed by atoms with E-state index in [0.29, 0.717) is 23.9 Å². The molecule has 2 unspecified atom stereocenters. The number of carbonyl (C=O) groups excluding carboxylic acids is 1. The van der Waals surface area contributed by atoms with Crippen LogP contribution >= 0.6 is 11.6 Å². The Balaban J connectivity index is 1.35. The lowest BCUT2D eigenvalue weighted by atomic mass is 10.1. The van der Waals surface area contributed by atoms with Crippen LogP contribution in [0.25, 0.3) is 0 Å². The van der Waals surface area contributed by atoms with Crippen LogP contribution in [0, 0.1) is 18.8 Å². The molecule has 5 rings (SSSR count). The largest absolute Gasteiger partial charge is 0.365 e. The second-order valence-corrected chi connectivity index (χ2v) is 10.1. The standard InChI is InChI=1S/C25H32ClN5O/c1-16-8-9-17(10-22(16)26)12-27-23-21(24(32)29-20-6-4-2-3-5-7-20)13-28-25(30-23)31-14-18-11-19(18)15-31/h8-10,13,18-20H,2-7,11-12,14-15H2,1H3,(H,29,32)(H,27,28,30). The van der Waals surface area contributed by atoms with Crippen molar-refractivity contribution in [3.05, 3.63) is 46.1 Å². The lowest BCUT2D eigenvalue weighted by molar-refractivity contribution is 0.0933. The molecule has 2 heterocycles. The van der Waals surface area contributed by atoms with Crippen LogP contribution in [-0.2, 0) is 6.54 Å². The number of nitrogens with zero attached hydrogens (tertiary/aromatic N) is 3. The molecular weight excluding hydrogens is 422 g/mol. The Morgan fingerprint density at radius 1 is 1.16 bits per heavy atom. The van der Waals surface area contributed by atoms with E-state index >= 15 is 0 Å². The van der Waals surface area contributed by atoms with Crippen LogP contribution in [0.1, 0.15) is 66.4 Å². The van der Waals surface area contributed by atoms with E-state index in [1.165, 1.54) is 32.1 Å². The second-order valence-electron chi connectivity index (χ2n) is 9.69. The molecule has 2 aromatic rings. The van der Waals surface area contributed by atoms with Crippen molar-refractivity contribution < 1.29 is 4.79 Å². The summed E-state index contributed by atoms with van der Waals surface area (Å²) in [6.45, 7) is 4.58. The number of anilines is 2. The molecule has 2 saturated carbocycles. The topological polar surface area (TPSA) is 70.2 Å². The highest BCUT2D eigenvalue weighted by Crippen LogP contribution is 2.45. The van der Waals surface area contributed by atoms with E-state index in [0.717, 1.165) is 53.9 Å². The predicted octanol–water partition coefficient (Wildman–Crippen LogP) is 4.96. The number of carbonyl (C=O) groups is 1. The normalized spacial score (nSPS) is 22.9. The summed E-state index contributed by atoms with van der Waals surface area (Å²) in [4.78, 5) is 24.8. The van der Waals surface area contributed by atoms with Gasteiger partial charge in [0.05, 0.1) is 0 Å². The molecule has 1 amide bonds. The van der Waals surface area contributed by atoms with E-state index in [4.69, 9.17) is 16.6 Å². The number of halogens is 1. The van der Waals surface area contributed by atoms with Crippen LogP contribution in [0.5, 0.6) is 0 Å². The molecule has 3 aliphatic rings. The van der Waals surface area contributed by atoms with Gasteiger partial charge in [0.25, 0.3) is 5.91 Å². The van der Waals surface area contributed by atoms with Crippen molar-refractivity contribution in [3.8, 4) is 0 Å². The Morgan fingerprint density at radius 3 is 2.62 bits per heavy atom. The van der Waals surface area contributed by atoms with Gasteiger partial charge in [-0.1, -0.05) is 49.4 Å². The molecule has 2 atom stereocenters. The van der Waals surface area contributed by atoms with E-state index in [-0.39, 0.29) is 11.9 Å². The van der Waals surface area contributed by atoms with E-state index in [1.807, 2.05) is 19.1 Å². The number of fused-ring (bicyclic) bond motifs is 1. The lowest BCUT2D eigenvalue weighted by Gasteiger charge is -2.21. The summed E-state index contributed by atoms with van der Waals surface area (Å²) in [5, 5.41) is 7.38. The van der Waals surface area contributed by atoms with Crippen molar-refractivity contribution in [1.82, 2.24) is 15.3 Å². The molecule has 0 bridgehead atoms. The molecule has 3 fully saturated rings. The van der Waals surface area contributed by atoms with Gasteiger partial charge in [0.15, 0.2) is 0 Å². The quantitative estimate of drug-likeness (QED) is 0.605. The minimum absolute atomic E-state index is 0.0860. The molecule has 0 radical (unpaired) electrons. The summed E-state index contributed by atoms with van der Waals surface area (Å²) < 4.78 is 0. The molecule has 6 nitrogen and oxygen atoms in total. The van der Waals surface area contributed by atoms with Crippen molar-refractivity contribution in [2.45, 2.75) is 64.5 Å². The number of piperidine rings is 1. The fraction of sp³-hybridized carbons (Fsp3) is 0.560. The Bertz CT molecular complexity index is 978. The van der Waals surface area contributed by atoms with Gasteiger partial charge in [-0.05, 0) is 55.2 Å². The number of aromatic nitrogens is 2. The number of rotatable bonds is 6. The van der Waals surface area contributed by atoms with Crippen molar-refractivity contribution in [3.63, 3.8) is 0 Å². The van der Waals surface area contributed by atoms with Crippen LogP contribution in [-0.4, -0.2) is 35.0 Å². The van der Waals surface area contributed by atoms with E-state index in [9.17, 15) is 4.79 Å². The molecule has 0 spiro atoms. The third-order valence-corrected chi connectivity index (χ3v) is 7.58. The van der Waals surface area contributed by atoms with Crippen LogP contribution in [0.3, 0.4) is 0 Å². The van der Waals surface area contributed by atoms with Gasteiger partial charge in [-0.2, -0.15) is 4.98 Å². The molecule has 32 heavy (non-hydrogen) atoms. The minimum atomic E-state index is -0.0860. The average molecular weight is 454 g/mol. The van der Waals surface area contributed by atoms with E-state index in [2.05, 4.69) is 26.6 Å². The number of amides is 1. The Kier molecular flexibility index (Phi) is 6.22. The number of hydrogen-bond donors (Lipinski definition) is 2. The van der Waals surface area contributed by atoms with Gasteiger partial charge < -0.3 is 15.5 Å². The van der Waals surface area contributed by atoms with Crippen molar-refractivity contribution in [2.24, 2.45) is 11.8 Å². The molecule has 2 aliphatic carbocycles. The molecule has 170 valence electrons. The smallest absolute Gasteiger partial charge is 0.256 e. The number of nitrogens with one attached hydrogen (secondary N) is 2. The first-order valence-electron chi connectivity index (χ1n) is 12.0. The molecular formula is C25H32ClN5O. The highest BCUT2D eigenvalue weighted by molar-refractivity contribution is 6.31. The number of benzene rings is 1. The fourth-order valence-corrected chi connectivity index (χ4v) is 5.21. The fourth-order valence-electron chi connectivity index (χ4n) is 5.01. The maximum atomic E-state index is 13.2. The molecule has 1 aromatic heterocycles. The van der Waals surface area contributed by atoms with Crippen molar-refractivity contribution in [2.75, 3.05) is 23.3 Å². The third kappa shape index (κ3) is 4.85. The first-order chi connectivity index (χ1) is 15.6. The molecule has 1 aliphatic heterocycles. The number of aryl methyl sites for hydroxylation is 1. The maximum Gasteiger partial charge on any atom is 0.256 e. The van der Waals surface area contributed by atoms with Gasteiger partial charge in [-0.15, -0.1) is 0 Å². The van der Waals surface area contributed by atoms with Crippen molar-refractivity contribution in [1.29, 1.82) is 0 Å². The van der Waals surface area contributed by atoms with Gasteiger partial charge in [0, 0.05) is 36.9 Å². The highest BCUT2D eigenvalue weighted by Gasteiger charge is 2.46. The van der Waals surface area contributed by atoms with Gasteiger partial charge in [0.1, 0.15) is 11.4 Å². The minimum Gasteiger partial charge on any atom is -0.365 e. The first kappa shape index (κ1) is 21.5. The Labute approximate surface area is 195 Å². The molecule has 1 aromatic carbocycles. The van der Waals surface area contributed by atoms with Gasteiger partial charge in [-0.3, -0.25) is 4.79 Å². The summed E-state index contributed by atoms with van der Waals surface area (Å²) >= 11 is 6.30. The van der Waals surface area contributed by atoms with E-state index < -0.39 is 0 Å². The van der Waals surface area contributed by atoms with Crippen LogP contribution < -0.4 is 15.5 Å². The lowest BCUT2D eigenvalue weighted by Crippen LogP contribution is -2.35. The average Bonchev–Trinajstić information content (AvgIpc) is 3.49. The van der Waals surface area contributed by atoms with Gasteiger partial charge in [0.2, 0.25) is 5.95 Å². The van der Waals surface area contributed by atoms with Crippen LogP contribution in [0.4, 0.5) is 11.8 Å². The van der Waals surface area contributed by atoms with Gasteiger partial charge >= 0.3 is 0 Å². The molecule has 7 heteroatoms. The van der Waals surface area contributed by atoms with Crippen LogP contribution in [0.15, 0.2) is 24.4 Å². The zero-order valence-corrected chi connectivity index (χ0v) is 19.5. The first-order valence-corrected chi connectivity index (χ1v) is 12.4. The predicted molar refractivity (Wildman–Crippen MR) is 128 cm³/mol. The maximum absolute atomic E-state index is 13.2. The molecule has 2 N–H and O–H groups in total. The van der Waals surface area contributed by atoms with Crippen LogP contribution in [0.2, 0.25) is 5.02 Å².